The monoisotopic (exact) mass is 358 g/mol. The van der Waals surface area contributed by atoms with Crippen LogP contribution in [-0.4, -0.2) is 37.3 Å². The summed E-state index contributed by atoms with van der Waals surface area (Å²) in [5.74, 6) is -0.419. The van der Waals surface area contributed by atoms with Gasteiger partial charge in [-0.3, -0.25) is 0 Å². The first-order valence-electron chi connectivity index (χ1n) is 8.05. The number of hydrogen-bond donors (Lipinski definition) is 1. The van der Waals surface area contributed by atoms with Crippen LogP contribution in [0.25, 0.3) is 5.57 Å². The molecule has 1 aromatic carbocycles. The maximum atomic E-state index is 12.3. The Bertz CT molecular complexity index is 806. The van der Waals surface area contributed by atoms with Crippen molar-refractivity contribution in [3.8, 4) is 5.75 Å². The van der Waals surface area contributed by atoms with Crippen molar-refractivity contribution in [1.82, 2.24) is 4.57 Å². The van der Waals surface area contributed by atoms with Gasteiger partial charge in [-0.05, 0) is 30.7 Å². The number of nitrogens with zero attached hydrogens (tertiary/aromatic N) is 1. The average molecular weight is 358 g/mol. The average Bonchev–Trinajstić information content (AvgIpc) is 3.06. The molecule has 0 aliphatic carbocycles. The first-order valence-corrected chi connectivity index (χ1v) is 8.05. The minimum absolute atomic E-state index is 0.103. The standard InChI is InChI=1S/C19H22N2O5/c1-4-26-19(23)16(11-20)17-15(18(22)25-3)9-10-21(17)12-13-5-7-14(24-2)8-6-13/h5-11H,4,12,20H2,1-3H3/b16-11-. The molecule has 0 saturated heterocycles. The largest absolute Gasteiger partial charge is 0.497 e. The summed E-state index contributed by atoms with van der Waals surface area (Å²) < 4.78 is 16.8. The van der Waals surface area contributed by atoms with Crippen LogP contribution in [-0.2, 0) is 20.8 Å². The smallest absolute Gasteiger partial charge is 0.341 e. The van der Waals surface area contributed by atoms with Gasteiger partial charge in [-0.25, -0.2) is 9.59 Å². The molecule has 0 atom stereocenters. The van der Waals surface area contributed by atoms with E-state index in [0.717, 1.165) is 17.5 Å². The number of aromatic nitrogens is 1. The summed E-state index contributed by atoms with van der Waals surface area (Å²) in [5.41, 5.74) is 7.32. The van der Waals surface area contributed by atoms with Crippen molar-refractivity contribution in [3.05, 3.63) is 59.5 Å². The highest BCUT2D eigenvalue weighted by Crippen LogP contribution is 2.24. The summed E-state index contributed by atoms with van der Waals surface area (Å²) in [4.78, 5) is 24.4. The Morgan fingerprint density at radius 3 is 2.38 bits per heavy atom. The fourth-order valence-electron chi connectivity index (χ4n) is 2.56. The zero-order valence-electron chi connectivity index (χ0n) is 15.0. The molecule has 0 bridgehead atoms. The number of hydrogen-bond acceptors (Lipinski definition) is 6. The number of rotatable bonds is 7. The van der Waals surface area contributed by atoms with Crippen LogP contribution in [0, 0.1) is 0 Å². The van der Waals surface area contributed by atoms with Gasteiger partial charge in [-0.1, -0.05) is 12.1 Å². The summed E-state index contributed by atoms with van der Waals surface area (Å²) in [6.45, 7) is 2.32. The molecule has 2 N–H and O–H groups in total. The van der Waals surface area contributed by atoms with Crippen molar-refractivity contribution < 1.29 is 23.8 Å². The minimum atomic E-state index is -0.602. The molecule has 0 unspecified atom stereocenters. The molecule has 0 amide bonds. The maximum Gasteiger partial charge on any atom is 0.341 e. The Balaban J connectivity index is 2.46. The lowest BCUT2D eigenvalue weighted by molar-refractivity contribution is -0.136. The van der Waals surface area contributed by atoms with E-state index in [-0.39, 0.29) is 17.7 Å². The van der Waals surface area contributed by atoms with E-state index in [2.05, 4.69) is 0 Å². The number of ether oxygens (including phenoxy) is 3. The molecular formula is C19H22N2O5. The van der Waals surface area contributed by atoms with Gasteiger partial charge < -0.3 is 24.5 Å². The second-order valence-corrected chi connectivity index (χ2v) is 5.35. The molecular weight excluding hydrogens is 336 g/mol. The molecule has 0 fully saturated rings. The molecule has 1 aromatic heterocycles. The molecule has 2 rings (SSSR count). The third-order valence-corrected chi connectivity index (χ3v) is 3.80. The van der Waals surface area contributed by atoms with Crippen molar-refractivity contribution in [1.29, 1.82) is 0 Å². The quantitative estimate of drug-likeness (QED) is 0.602. The molecule has 0 aliphatic rings. The zero-order valence-corrected chi connectivity index (χ0v) is 15.0. The van der Waals surface area contributed by atoms with Crippen LogP contribution < -0.4 is 10.5 Å². The molecule has 0 aliphatic heterocycles. The maximum absolute atomic E-state index is 12.3. The van der Waals surface area contributed by atoms with Crippen LogP contribution in [0.3, 0.4) is 0 Å². The highest BCUT2D eigenvalue weighted by Gasteiger charge is 2.25. The molecule has 7 nitrogen and oxygen atoms in total. The normalized spacial score (nSPS) is 11.1. The number of methoxy groups -OCH3 is 2. The first-order chi connectivity index (χ1) is 12.5. The topological polar surface area (TPSA) is 92.8 Å². The second kappa shape index (κ2) is 8.75. The van der Waals surface area contributed by atoms with E-state index >= 15 is 0 Å². The lowest BCUT2D eigenvalue weighted by atomic mass is 10.1. The number of benzene rings is 1. The highest BCUT2D eigenvalue weighted by atomic mass is 16.5. The van der Waals surface area contributed by atoms with Crippen molar-refractivity contribution >= 4 is 17.5 Å². The lowest BCUT2D eigenvalue weighted by Gasteiger charge is -2.13. The zero-order chi connectivity index (χ0) is 19.1. The van der Waals surface area contributed by atoms with Crippen molar-refractivity contribution in [2.75, 3.05) is 20.8 Å². The van der Waals surface area contributed by atoms with E-state index < -0.39 is 11.9 Å². The van der Waals surface area contributed by atoms with Crippen LogP contribution in [0.15, 0.2) is 42.7 Å². The van der Waals surface area contributed by atoms with Gasteiger partial charge >= 0.3 is 11.9 Å². The van der Waals surface area contributed by atoms with Gasteiger partial charge in [-0.15, -0.1) is 0 Å². The van der Waals surface area contributed by atoms with Gasteiger partial charge in [0, 0.05) is 18.9 Å². The Hall–Kier alpha value is -3.22. The van der Waals surface area contributed by atoms with Crippen molar-refractivity contribution in [3.63, 3.8) is 0 Å². The fraction of sp³-hybridized carbons (Fsp3) is 0.263. The van der Waals surface area contributed by atoms with E-state index in [4.69, 9.17) is 19.9 Å². The predicted molar refractivity (Wildman–Crippen MR) is 96.7 cm³/mol. The number of carbonyl (C=O) groups is 2. The van der Waals surface area contributed by atoms with Crippen LogP contribution in [0.5, 0.6) is 5.75 Å². The lowest BCUT2D eigenvalue weighted by Crippen LogP contribution is -2.16. The van der Waals surface area contributed by atoms with E-state index in [0.29, 0.717) is 12.2 Å². The van der Waals surface area contributed by atoms with E-state index in [1.807, 2.05) is 24.3 Å². The number of carbonyl (C=O) groups excluding carboxylic acids is 2. The fourth-order valence-corrected chi connectivity index (χ4v) is 2.56. The Morgan fingerprint density at radius 1 is 1.15 bits per heavy atom. The third kappa shape index (κ3) is 4.05. The van der Waals surface area contributed by atoms with E-state index in [1.165, 1.54) is 7.11 Å². The van der Waals surface area contributed by atoms with Crippen LogP contribution >= 0.6 is 0 Å². The molecule has 1 heterocycles. The second-order valence-electron chi connectivity index (χ2n) is 5.35. The van der Waals surface area contributed by atoms with Crippen LogP contribution in [0.4, 0.5) is 0 Å². The molecule has 0 radical (unpaired) electrons. The van der Waals surface area contributed by atoms with Gasteiger partial charge in [0.1, 0.15) is 5.75 Å². The predicted octanol–water partition coefficient (Wildman–Crippen LogP) is 2.19. The van der Waals surface area contributed by atoms with Crippen molar-refractivity contribution in [2.24, 2.45) is 5.73 Å². The summed E-state index contributed by atoms with van der Waals surface area (Å²) in [6, 6.07) is 9.07. The first kappa shape index (κ1) is 19.1. The summed E-state index contributed by atoms with van der Waals surface area (Å²) in [7, 11) is 2.88. The molecule has 138 valence electrons. The van der Waals surface area contributed by atoms with Crippen LogP contribution in [0.1, 0.15) is 28.5 Å². The summed E-state index contributed by atoms with van der Waals surface area (Å²) in [6.07, 6.45) is 2.85. The Morgan fingerprint density at radius 2 is 1.85 bits per heavy atom. The molecule has 7 heteroatoms. The minimum Gasteiger partial charge on any atom is -0.497 e. The van der Waals surface area contributed by atoms with Gasteiger partial charge in [0.05, 0.1) is 37.7 Å². The Labute approximate surface area is 152 Å². The SMILES string of the molecule is CCOC(=O)/C(=C\N)c1c(C(=O)OC)ccn1Cc1ccc(OC)cc1. The van der Waals surface area contributed by atoms with Gasteiger partial charge in [0.15, 0.2) is 0 Å². The number of nitrogens with two attached hydrogens (primary N) is 1. The summed E-state index contributed by atoms with van der Waals surface area (Å²) in [5, 5.41) is 0. The third-order valence-electron chi connectivity index (χ3n) is 3.80. The van der Waals surface area contributed by atoms with Gasteiger partial charge in [0.25, 0.3) is 0 Å². The van der Waals surface area contributed by atoms with Gasteiger partial charge in [-0.2, -0.15) is 0 Å². The van der Waals surface area contributed by atoms with Gasteiger partial charge in [0.2, 0.25) is 0 Å². The molecule has 0 spiro atoms. The van der Waals surface area contributed by atoms with E-state index in [9.17, 15) is 9.59 Å². The number of esters is 2. The molecule has 26 heavy (non-hydrogen) atoms. The molecule has 0 saturated carbocycles. The highest BCUT2D eigenvalue weighted by molar-refractivity contribution is 6.18. The molecule has 2 aromatic rings. The Kier molecular flexibility index (Phi) is 6.43. The summed E-state index contributed by atoms with van der Waals surface area (Å²) >= 11 is 0. The van der Waals surface area contributed by atoms with Crippen LogP contribution in [0.2, 0.25) is 0 Å². The van der Waals surface area contributed by atoms with E-state index in [1.54, 1.807) is 30.9 Å². The van der Waals surface area contributed by atoms with Crippen molar-refractivity contribution in [2.45, 2.75) is 13.5 Å².